The Morgan fingerprint density at radius 3 is 2.75 bits per heavy atom. The molecule has 0 bridgehead atoms. The molecule has 136 valence electrons. The van der Waals surface area contributed by atoms with Crippen LogP contribution in [0.3, 0.4) is 0 Å². The fourth-order valence-corrected chi connectivity index (χ4v) is 3.01. The number of ether oxygens (including phenoxy) is 1. The third-order valence-electron chi connectivity index (χ3n) is 3.34. The second-order valence-electron chi connectivity index (χ2n) is 5.90. The van der Waals surface area contributed by atoms with Gasteiger partial charge in [0.25, 0.3) is 0 Å². The summed E-state index contributed by atoms with van der Waals surface area (Å²) >= 11 is 1.76. The molecule has 1 amide bonds. The summed E-state index contributed by atoms with van der Waals surface area (Å²) in [5, 5.41) is 11.6. The SMILES string of the molecule is CCOC(=O)NC(CNC(=NC)NCCc1cccs1)CC(C)C. The summed E-state index contributed by atoms with van der Waals surface area (Å²) in [6, 6.07) is 4.19. The quantitative estimate of drug-likeness (QED) is 0.471. The van der Waals surface area contributed by atoms with Crippen LogP contribution in [0.25, 0.3) is 0 Å². The van der Waals surface area contributed by atoms with Gasteiger partial charge >= 0.3 is 6.09 Å². The molecule has 1 unspecified atom stereocenters. The van der Waals surface area contributed by atoms with Crippen LogP contribution < -0.4 is 16.0 Å². The molecule has 1 atom stereocenters. The Morgan fingerprint density at radius 2 is 2.17 bits per heavy atom. The molecule has 24 heavy (non-hydrogen) atoms. The van der Waals surface area contributed by atoms with Gasteiger partial charge < -0.3 is 20.7 Å². The first-order chi connectivity index (χ1) is 11.5. The van der Waals surface area contributed by atoms with Gasteiger partial charge in [0.1, 0.15) is 0 Å². The van der Waals surface area contributed by atoms with Crippen LogP contribution >= 0.6 is 11.3 Å². The Labute approximate surface area is 149 Å². The molecule has 1 aromatic rings. The Kier molecular flexibility index (Phi) is 9.91. The smallest absolute Gasteiger partial charge is 0.407 e. The summed E-state index contributed by atoms with van der Waals surface area (Å²) < 4.78 is 4.97. The number of amides is 1. The van der Waals surface area contributed by atoms with E-state index in [2.05, 4.69) is 52.3 Å². The average Bonchev–Trinajstić information content (AvgIpc) is 3.03. The zero-order chi connectivity index (χ0) is 17.8. The van der Waals surface area contributed by atoms with Gasteiger partial charge in [0.15, 0.2) is 5.96 Å². The van der Waals surface area contributed by atoms with E-state index in [0.717, 1.165) is 25.3 Å². The van der Waals surface area contributed by atoms with Crippen molar-refractivity contribution in [3.8, 4) is 0 Å². The van der Waals surface area contributed by atoms with E-state index >= 15 is 0 Å². The average molecular weight is 355 g/mol. The van der Waals surface area contributed by atoms with Crippen LogP contribution in [0.2, 0.25) is 0 Å². The Morgan fingerprint density at radius 1 is 1.38 bits per heavy atom. The number of carbonyl (C=O) groups excluding carboxylic acids is 1. The number of hydrogen-bond donors (Lipinski definition) is 3. The summed E-state index contributed by atoms with van der Waals surface area (Å²) in [6.45, 7) is 7.87. The van der Waals surface area contributed by atoms with E-state index in [0.29, 0.717) is 19.1 Å². The second-order valence-corrected chi connectivity index (χ2v) is 6.93. The van der Waals surface area contributed by atoms with Crippen LogP contribution in [0.1, 0.15) is 32.1 Å². The van der Waals surface area contributed by atoms with E-state index in [1.165, 1.54) is 4.88 Å². The molecular weight excluding hydrogens is 324 g/mol. The monoisotopic (exact) mass is 354 g/mol. The van der Waals surface area contributed by atoms with Crippen molar-refractivity contribution in [2.75, 3.05) is 26.7 Å². The van der Waals surface area contributed by atoms with Gasteiger partial charge in [-0.25, -0.2) is 4.79 Å². The highest BCUT2D eigenvalue weighted by Gasteiger charge is 2.15. The van der Waals surface area contributed by atoms with Crippen LogP contribution in [0.4, 0.5) is 4.79 Å². The lowest BCUT2D eigenvalue weighted by atomic mass is 10.0. The molecule has 7 heteroatoms. The van der Waals surface area contributed by atoms with Crippen molar-refractivity contribution >= 4 is 23.4 Å². The van der Waals surface area contributed by atoms with E-state index in [9.17, 15) is 4.79 Å². The zero-order valence-corrected chi connectivity index (χ0v) is 15.9. The van der Waals surface area contributed by atoms with Gasteiger partial charge in [0, 0.05) is 31.1 Å². The molecule has 0 aliphatic rings. The van der Waals surface area contributed by atoms with Crippen molar-refractivity contribution in [1.82, 2.24) is 16.0 Å². The van der Waals surface area contributed by atoms with Gasteiger partial charge in [-0.2, -0.15) is 0 Å². The van der Waals surface area contributed by atoms with E-state index in [4.69, 9.17) is 4.74 Å². The van der Waals surface area contributed by atoms with Crippen molar-refractivity contribution in [3.63, 3.8) is 0 Å². The zero-order valence-electron chi connectivity index (χ0n) is 15.1. The number of guanidine groups is 1. The molecule has 1 heterocycles. The minimum Gasteiger partial charge on any atom is -0.450 e. The van der Waals surface area contributed by atoms with Gasteiger partial charge in [-0.3, -0.25) is 4.99 Å². The number of hydrogen-bond acceptors (Lipinski definition) is 4. The maximum Gasteiger partial charge on any atom is 0.407 e. The second kappa shape index (κ2) is 11.7. The molecule has 0 saturated heterocycles. The topological polar surface area (TPSA) is 74.8 Å². The van der Waals surface area contributed by atoms with Gasteiger partial charge in [0.05, 0.1) is 6.61 Å². The van der Waals surface area contributed by atoms with Gasteiger partial charge in [-0.15, -0.1) is 11.3 Å². The highest BCUT2D eigenvalue weighted by molar-refractivity contribution is 7.09. The summed E-state index contributed by atoms with van der Waals surface area (Å²) in [5.74, 6) is 1.22. The number of nitrogens with zero attached hydrogens (tertiary/aromatic N) is 1. The lowest BCUT2D eigenvalue weighted by molar-refractivity contribution is 0.146. The van der Waals surface area contributed by atoms with Crippen LogP contribution in [-0.2, 0) is 11.2 Å². The summed E-state index contributed by atoms with van der Waals surface area (Å²) in [4.78, 5) is 17.2. The van der Waals surface area contributed by atoms with Gasteiger partial charge in [-0.05, 0) is 37.1 Å². The molecule has 3 N–H and O–H groups in total. The third-order valence-corrected chi connectivity index (χ3v) is 4.27. The van der Waals surface area contributed by atoms with E-state index in [1.54, 1.807) is 25.3 Å². The lowest BCUT2D eigenvalue weighted by Crippen LogP contribution is -2.48. The summed E-state index contributed by atoms with van der Waals surface area (Å²) in [5.41, 5.74) is 0. The van der Waals surface area contributed by atoms with Crippen LogP contribution in [-0.4, -0.2) is 44.8 Å². The minimum absolute atomic E-state index is 0.0000963. The molecule has 0 fully saturated rings. The molecule has 1 rings (SSSR count). The highest BCUT2D eigenvalue weighted by Crippen LogP contribution is 2.08. The predicted molar refractivity (Wildman–Crippen MR) is 101 cm³/mol. The normalized spacial score (nSPS) is 12.8. The standard InChI is InChI=1S/C17H30N4O2S/c1-5-23-17(22)21-14(11-13(2)3)12-20-16(18-4)19-9-8-15-7-6-10-24-15/h6-7,10,13-14H,5,8-9,11-12H2,1-4H3,(H,21,22)(H2,18,19,20). The minimum atomic E-state index is -0.370. The van der Waals surface area contributed by atoms with Gasteiger partial charge in [0.2, 0.25) is 0 Å². The fraction of sp³-hybridized carbons (Fsp3) is 0.647. The highest BCUT2D eigenvalue weighted by atomic mass is 32.1. The van der Waals surface area contributed by atoms with Crippen molar-refractivity contribution < 1.29 is 9.53 Å². The number of thiophene rings is 1. The molecule has 0 radical (unpaired) electrons. The molecule has 0 aromatic carbocycles. The fourth-order valence-electron chi connectivity index (χ4n) is 2.30. The largest absolute Gasteiger partial charge is 0.450 e. The number of aliphatic imine (C=N–C) groups is 1. The summed E-state index contributed by atoms with van der Waals surface area (Å²) in [6.07, 6.45) is 1.47. The van der Waals surface area contributed by atoms with Crippen LogP contribution in [0.15, 0.2) is 22.5 Å². The molecule has 1 aromatic heterocycles. The van der Waals surface area contributed by atoms with Gasteiger partial charge in [-0.1, -0.05) is 19.9 Å². The number of carbonyl (C=O) groups is 1. The summed E-state index contributed by atoms with van der Waals surface area (Å²) in [7, 11) is 1.75. The maximum atomic E-state index is 11.6. The molecule has 0 aliphatic carbocycles. The van der Waals surface area contributed by atoms with Crippen molar-refractivity contribution in [2.24, 2.45) is 10.9 Å². The maximum absolute atomic E-state index is 11.6. The van der Waals surface area contributed by atoms with E-state index in [-0.39, 0.29) is 12.1 Å². The third kappa shape index (κ3) is 8.76. The molecule has 0 spiro atoms. The Hall–Kier alpha value is -1.76. The lowest BCUT2D eigenvalue weighted by Gasteiger charge is -2.22. The van der Waals surface area contributed by atoms with E-state index in [1.807, 2.05) is 0 Å². The molecular formula is C17H30N4O2S. The van der Waals surface area contributed by atoms with Crippen molar-refractivity contribution in [2.45, 2.75) is 39.7 Å². The van der Waals surface area contributed by atoms with Crippen LogP contribution in [0, 0.1) is 5.92 Å². The first kappa shape index (κ1) is 20.3. The first-order valence-electron chi connectivity index (χ1n) is 8.45. The number of nitrogens with one attached hydrogen (secondary N) is 3. The van der Waals surface area contributed by atoms with Crippen molar-refractivity contribution in [1.29, 1.82) is 0 Å². The predicted octanol–water partition coefficient (Wildman–Crippen LogP) is 2.62. The first-order valence-corrected chi connectivity index (χ1v) is 9.33. The Balaban J connectivity index is 2.39. The molecule has 6 nitrogen and oxygen atoms in total. The molecule has 0 aliphatic heterocycles. The van der Waals surface area contributed by atoms with Crippen LogP contribution in [0.5, 0.6) is 0 Å². The van der Waals surface area contributed by atoms with E-state index < -0.39 is 0 Å². The number of rotatable bonds is 9. The van der Waals surface area contributed by atoms with Crippen molar-refractivity contribution in [3.05, 3.63) is 22.4 Å². The Bertz CT molecular complexity index is 489. The molecule has 0 saturated carbocycles. The number of alkyl carbamates (subject to hydrolysis) is 1.